The van der Waals surface area contributed by atoms with Gasteiger partial charge in [-0.15, -0.1) is 0 Å². The Morgan fingerprint density at radius 2 is 2.05 bits per heavy atom. The molecule has 1 unspecified atom stereocenters. The topological polar surface area (TPSA) is 75.4 Å². The molecule has 0 fully saturated rings. The molecule has 0 bridgehead atoms. The van der Waals surface area contributed by atoms with Gasteiger partial charge in [-0.2, -0.15) is 11.3 Å². The standard InChI is InChI=1S/C12H10F2N2O3S/c13-9-3-8(16(18)19)4-10(14)12(9)15-5-11(17)7-1-2-20-6-7/h1-4,6,11,15,17H,5H2. The first kappa shape index (κ1) is 14.4. The van der Waals surface area contributed by atoms with Crippen molar-refractivity contribution in [1.29, 1.82) is 0 Å². The van der Waals surface area contributed by atoms with Crippen molar-refractivity contribution in [3.8, 4) is 0 Å². The molecule has 0 aliphatic carbocycles. The predicted octanol–water partition coefficient (Wildman–Crippen LogP) is 3.08. The summed E-state index contributed by atoms with van der Waals surface area (Å²) in [6.45, 7) is -0.109. The van der Waals surface area contributed by atoms with Crippen LogP contribution in [0.4, 0.5) is 20.2 Å². The van der Waals surface area contributed by atoms with E-state index in [1.165, 1.54) is 11.3 Å². The summed E-state index contributed by atoms with van der Waals surface area (Å²) in [4.78, 5) is 9.57. The first-order valence-corrected chi connectivity index (χ1v) is 6.50. The second-order valence-electron chi connectivity index (χ2n) is 3.99. The van der Waals surface area contributed by atoms with Gasteiger partial charge in [-0.05, 0) is 22.4 Å². The Kier molecular flexibility index (Phi) is 4.26. The number of anilines is 1. The maximum atomic E-state index is 13.6. The van der Waals surface area contributed by atoms with E-state index < -0.39 is 34.0 Å². The average Bonchev–Trinajstić information content (AvgIpc) is 2.91. The van der Waals surface area contributed by atoms with Crippen LogP contribution in [0.1, 0.15) is 11.7 Å². The number of nitro benzene ring substituents is 1. The fourth-order valence-electron chi connectivity index (χ4n) is 1.62. The van der Waals surface area contributed by atoms with Crippen LogP contribution in [-0.4, -0.2) is 16.6 Å². The normalized spacial score (nSPS) is 12.2. The summed E-state index contributed by atoms with van der Waals surface area (Å²) in [6, 6.07) is 2.95. The maximum absolute atomic E-state index is 13.6. The number of rotatable bonds is 5. The van der Waals surface area contributed by atoms with Gasteiger partial charge in [-0.3, -0.25) is 10.1 Å². The van der Waals surface area contributed by atoms with E-state index >= 15 is 0 Å². The molecular weight excluding hydrogens is 290 g/mol. The number of thiophene rings is 1. The van der Waals surface area contributed by atoms with Crippen molar-refractivity contribution in [3.05, 3.63) is 56.3 Å². The highest BCUT2D eigenvalue weighted by atomic mass is 32.1. The molecule has 1 heterocycles. The zero-order chi connectivity index (χ0) is 14.7. The minimum atomic E-state index is -1.07. The molecule has 1 atom stereocenters. The van der Waals surface area contributed by atoms with E-state index in [-0.39, 0.29) is 6.54 Å². The van der Waals surface area contributed by atoms with Gasteiger partial charge in [0.2, 0.25) is 0 Å². The lowest BCUT2D eigenvalue weighted by molar-refractivity contribution is -0.385. The van der Waals surface area contributed by atoms with Crippen molar-refractivity contribution in [2.24, 2.45) is 0 Å². The number of nitrogens with zero attached hydrogens (tertiary/aromatic N) is 1. The third kappa shape index (κ3) is 3.09. The molecule has 2 aromatic rings. The van der Waals surface area contributed by atoms with Crippen LogP contribution in [-0.2, 0) is 0 Å². The minimum Gasteiger partial charge on any atom is -0.387 e. The number of hydrogen-bond acceptors (Lipinski definition) is 5. The van der Waals surface area contributed by atoms with Gasteiger partial charge >= 0.3 is 0 Å². The first-order valence-electron chi connectivity index (χ1n) is 5.56. The summed E-state index contributed by atoms with van der Waals surface area (Å²) < 4.78 is 27.2. The SMILES string of the molecule is O=[N+]([O-])c1cc(F)c(NCC(O)c2ccsc2)c(F)c1. The van der Waals surface area contributed by atoms with E-state index in [0.717, 1.165) is 0 Å². The van der Waals surface area contributed by atoms with E-state index in [1.54, 1.807) is 16.8 Å². The van der Waals surface area contributed by atoms with Gasteiger partial charge in [0.15, 0.2) is 11.6 Å². The van der Waals surface area contributed by atoms with E-state index in [0.29, 0.717) is 17.7 Å². The van der Waals surface area contributed by atoms with Crippen LogP contribution < -0.4 is 5.32 Å². The summed E-state index contributed by atoms with van der Waals surface area (Å²) in [5.41, 5.74) is -0.529. The lowest BCUT2D eigenvalue weighted by Crippen LogP contribution is -2.13. The summed E-state index contributed by atoms with van der Waals surface area (Å²) in [7, 11) is 0. The van der Waals surface area contributed by atoms with Crippen molar-refractivity contribution in [3.63, 3.8) is 0 Å². The molecule has 20 heavy (non-hydrogen) atoms. The molecule has 1 aromatic carbocycles. The molecule has 2 N–H and O–H groups in total. The number of nitro groups is 1. The third-order valence-corrected chi connectivity index (χ3v) is 3.34. The van der Waals surface area contributed by atoms with Gasteiger partial charge in [0.05, 0.1) is 23.2 Å². The number of halogens is 2. The highest BCUT2D eigenvalue weighted by Gasteiger charge is 2.18. The number of non-ortho nitro benzene ring substituents is 1. The number of nitrogens with one attached hydrogen (secondary N) is 1. The molecule has 8 heteroatoms. The summed E-state index contributed by atoms with van der Waals surface area (Å²) in [6.07, 6.45) is -0.921. The van der Waals surface area contributed by atoms with E-state index in [1.807, 2.05) is 0 Å². The van der Waals surface area contributed by atoms with Gasteiger partial charge in [0, 0.05) is 6.54 Å². The van der Waals surface area contributed by atoms with E-state index in [2.05, 4.69) is 5.32 Å². The molecule has 0 saturated carbocycles. The van der Waals surface area contributed by atoms with Crippen LogP contribution in [0.5, 0.6) is 0 Å². The molecule has 0 spiro atoms. The smallest absolute Gasteiger partial charge is 0.275 e. The molecule has 0 aliphatic heterocycles. The van der Waals surface area contributed by atoms with Crippen LogP contribution in [0.2, 0.25) is 0 Å². The highest BCUT2D eigenvalue weighted by Crippen LogP contribution is 2.25. The van der Waals surface area contributed by atoms with E-state index in [9.17, 15) is 24.0 Å². The second kappa shape index (κ2) is 5.93. The monoisotopic (exact) mass is 300 g/mol. The Balaban J connectivity index is 2.12. The average molecular weight is 300 g/mol. The molecular formula is C12H10F2N2O3S. The maximum Gasteiger partial charge on any atom is 0.275 e. The van der Waals surface area contributed by atoms with Crippen molar-refractivity contribution < 1.29 is 18.8 Å². The summed E-state index contributed by atoms with van der Waals surface area (Å²) in [5.74, 6) is -2.15. The number of hydrogen-bond donors (Lipinski definition) is 2. The van der Waals surface area contributed by atoms with Crippen molar-refractivity contribution >= 4 is 22.7 Å². The number of aliphatic hydroxyl groups excluding tert-OH is 1. The zero-order valence-corrected chi connectivity index (χ0v) is 10.9. The molecule has 0 saturated heterocycles. The van der Waals surface area contributed by atoms with E-state index in [4.69, 9.17) is 0 Å². The molecule has 5 nitrogen and oxygen atoms in total. The number of aliphatic hydroxyl groups is 1. The van der Waals surface area contributed by atoms with Crippen LogP contribution in [0.15, 0.2) is 29.0 Å². The third-order valence-electron chi connectivity index (χ3n) is 2.64. The van der Waals surface area contributed by atoms with Crippen molar-refractivity contribution in [2.45, 2.75) is 6.10 Å². The molecule has 1 aromatic heterocycles. The van der Waals surface area contributed by atoms with Crippen LogP contribution in [0.3, 0.4) is 0 Å². The zero-order valence-electron chi connectivity index (χ0n) is 10.0. The van der Waals surface area contributed by atoms with Crippen LogP contribution in [0.25, 0.3) is 0 Å². The molecule has 106 valence electrons. The van der Waals surface area contributed by atoms with Gasteiger partial charge in [0.1, 0.15) is 5.69 Å². The van der Waals surface area contributed by atoms with Crippen molar-refractivity contribution in [1.82, 2.24) is 0 Å². The Labute approximate surface area is 116 Å². The van der Waals surface area contributed by atoms with Crippen LogP contribution >= 0.6 is 11.3 Å². The Morgan fingerprint density at radius 3 is 2.55 bits per heavy atom. The Hall–Kier alpha value is -2.06. The quantitative estimate of drug-likeness (QED) is 0.657. The van der Waals surface area contributed by atoms with Gasteiger partial charge in [0.25, 0.3) is 5.69 Å². The first-order chi connectivity index (χ1) is 9.49. The fourth-order valence-corrected chi connectivity index (χ4v) is 2.32. The largest absolute Gasteiger partial charge is 0.387 e. The lowest BCUT2D eigenvalue weighted by Gasteiger charge is -2.12. The van der Waals surface area contributed by atoms with Gasteiger partial charge < -0.3 is 10.4 Å². The fraction of sp³-hybridized carbons (Fsp3) is 0.167. The van der Waals surface area contributed by atoms with Crippen molar-refractivity contribution in [2.75, 3.05) is 11.9 Å². The summed E-state index contributed by atoms with van der Waals surface area (Å²) in [5, 5.41) is 26.1. The molecule has 0 aliphatic rings. The van der Waals surface area contributed by atoms with Crippen LogP contribution in [0, 0.1) is 21.7 Å². The second-order valence-corrected chi connectivity index (χ2v) is 4.77. The van der Waals surface area contributed by atoms with Gasteiger partial charge in [-0.25, -0.2) is 8.78 Å². The molecule has 0 amide bonds. The summed E-state index contributed by atoms with van der Waals surface area (Å²) >= 11 is 1.39. The number of benzene rings is 1. The lowest BCUT2D eigenvalue weighted by atomic mass is 10.2. The molecule has 0 radical (unpaired) electrons. The Bertz CT molecular complexity index is 596. The van der Waals surface area contributed by atoms with Gasteiger partial charge in [-0.1, -0.05) is 0 Å². The Morgan fingerprint density at radius 1 is 1.40 bits per heavy atom. The molecule has 2 rings (SSSR count). The highest BCUT2D eigenvalue weighted by molar-refractivity contribution is 7.07. The predicted molar refractivity (Wildman–Crippen MR) is 70.8 cm³/mol. The minimum absolute atomic E-state index is 0.109.